The molecule has 1 saturated carbocycles. The van der Waals surface area contributed by atoms with E-state index in [2.05, 4.69) is 6.92 Å². The summed E-state index contributed by atoms with van der Waals surface area (Å²) < 4.78 is 99.9. The normalized spacial score (nSPS) is 24.0. The van der Waals surface area contributed by atoms with E-state index in [9.17, 15) is 17.6 Å². The summed E-state index contributed by atoms with van der Waals surface area (Å²) in [5, 5.41) is 0. The maximum absolute atomic E-state index is 15.3. The predicted octanol–water partition coefficient (Wildman–Crippen LogP) is 9.03. The highest BCUT2D eigenvalue weighted by molar-refractivity contribution is 5.76. The molecular formula is C27H30F6O2. The minimum absolute atomic E-state index is 0.0510. The van der Waals surface area contributed by atoms with Crippen LogP contribution in [0.15, 0.2) is 24.3 Å². The summed E-state index contributed by atoms with van der Waals surface area (Å²) in [6, 6.07) is 4.70. The largest absolute Gasteiger partial charge is 0.491 e. The zero-order valence-electron chi connectivity index (χ0n) is 19.9. The van der Waals surface area contributed by atoms with Crippen molar-refractivity contribution in [3.05, 3.63) is 47.0 Å². The van der Waals surface area contributed by atoms with Gasteiger partial charge < -0.3 is 9.47 Å². The topological polar surface area (TPSA) is 18.5 Å². The Bertz CT molecular complexity index is 1050. The van der Waals surface area contributed by atoms with E-state index >= 15 is 8.78 Å². The van der Waals surface area contributed by atoms with Gasteiger partial charge in [0.15, 0.2) is 35.5 Å². The fourth-order valence-corrected chi connectivity index (χ4v) is 5.30. The molecular weight excluding hydrogens is 470 g/mol. The summed E-state index contributed by atoms with van der Waals surface area (Å²) in [5.74, 6) is -4.22. The molecule has 4 rings (SSSR count). The third-order valence-electron chi connectivity index (χ3n) is 7.22. The van der Waals surface area contributed by atoms with E-state index < -0.39 is 52.9 Å². The van der Waals surface area contributed by atoms with E-state index in [1.165, 1.54) is 18.2 Å². The molecule has 0 bridgehead atoms. The van der Waals surface area contributed by atoms with E-state index in [0.717, 1.165) is 25.3 Å². The Morgan fingerprint density at radius 1 is 0.829 bits per heavy atom. The first-order valence-corrected chi connectivity index (χ1v) is 12.3. The number of rotatable bonds is 8. The van der Waals surface area contributed by atoms with E-state index in [1.807, 2.05) is 0 Å². The fraction of sp³-hybridized carbons (Fsp3) is 0.556. The zero-order chi connectivity index (χ0) is 25.3. The zero-order valence-corrected chi connectivity index (χ0v) is 19.9. The van der Waals surface area contributed by atoms with Crippen molar-refractivity contribution in [1.82, 2.24) is 0 Å². The van der Waals surface area contributed by atoms with Gasteiger partial charge in [0, 0.05) is 11.1 Å². The standard InChI is InChI=1S/C27H30F6O2/c1-3-5-6-15-7-9-16(10-8-15)27(32,33)35-20-14-12-18-17-11-13-19(34-4-2)23(28)21(17)25(30)26(31)22(18)24(20)29/h11-16,25-26H,3-10H2,1-2H3. The molecule has 0 radical (unpaired) electrons. The molecule has 2 atom stereocenters. The summed E-state index contributed by atoms with van der Waals surface area (Å²) in [5.41, 5.74) is -1.47. The van der Waals surface area contributed by atoms with Crippen LogP contribution in [0.1, 0.15) is 82.3 Å². The van der Waals surface area contributed by atoms with Crippen LogP contribution in [0, 0.1) is 23.5 Å². The van der Waals surface area contributed by atoms with Crippen molar-refractivity contribution in [1.29, 1.82) is 0 Å². The van der Waals surface area contributed by atoms with Crippen molar-refractivity contribution in [2.45, 2.75) is 77.2 Å². The summed E-state index contributed by atoms with van der Waals surface area (Å²) >= 11 is 0. The molecule has 1 fully saturated rings. The van der Waals surface area contributed by atoms with Gasteiger partial charge in [0.25, 0.3) is 0 Å². The maximum atomic E-state index is 15.3. The smallest absolute Gasteiger partial charge is 0.400 e. The summed E-state index contributed by atoms with van der Waals surface area (Å²) in [6.07, 6.45) is -3.85. The van der Waals surface area contributed by atoms with Crippen LogP contribution < -0.4 is 9.47 Å². The molecule has 0 N–H and O–H groups in total. The minimum Gasteiger partial charge on any atom is -0.491 e. The van der Waals surface area contributed by atoms with Gasteiger partial charge >= 0.3 is 6.11 Å². The van der Waals surface area contributed by atoms with Gasteiger partial charge in [-0.25, -0.2) is 17.6 Å². The third kappa shape index (κ3) is 4.85. The molecule has 0 saturated heterocycles. The highest BCUT2D eigenvalue weighted by Gasteiger charge is 2.46. The molecule has 35 heavy (non-hydrogen) atoms. The molecule has 0 heterocycles. The second-order valence-electron chi connectivity index (χ2n) is 9.44. The molecule has 0 aromatic heterocycles. The number of benzene rings is 2. The molecule has 2 aromatic rings. The number of hydrogen-bond acceptors (Lipinski definition) is 2. The molecule has 0 spiro atoms. The van der Waals surface area contributed by atoms with Gasteiger partial charge in [-0.3, -0.25) is 0 Å². The van der Waals surface area contributed by atoms with Crippen molar-refractivity contribution in [2.75, 3.05) is 6.61 Å². The second kappa shape index (κ2) is 10.3. The van der Waals surface area contributed by atoms with Gasteiger partial charge in [0.05, 0.1) is 12.5 Å². The van der Waals surface area contributed by atoms with Crippen LogP contribution in [0.25, 0.3) is 11.1 Å². The lowest BCUT2D eigenvalue weighted by Crippen LogP contribution is -2.37. The van der Waals surface area contributed by atoms with Crippen LogP contribution in [-0.4, -0.2) is 12.7 Å². The van der Waals surface area contributed by atoms with Crippen LogP contribution in [0.3, 0.4) is 0 Å². The number of ether oxygens (including phenoxy) is 2. The van der Waals surface area contributed by atoms with Crippen LogP contribution in [-0.2, 0) is 0 Å². The number of hydrogen-bond donors (Lipinski definition) is 0. The summed E-state index contributed by atoms with van der Waals surface area (Å²) in [7, 11) is 0. The van der Waals surface area contributed by atoms with Crippen LogP contribution in [0.2, 0.25) is 0 Å². The Morgan fingerprint density at radius 2 is 1.37 bits per heavy atom. The lowest BCUT2D eigenvalue weighted by molar-refractivity contribution is -0.224. The average Bonchev–Trinajstić information content (AvgIpc) is 2.84. The molecule has 2 nitrogen and oxygen atoms in total. The molecule has 0 aliphatic heterocycles. The van der Waals surface area contributed by atoms with Crippen molar-refractivity contribution >= 4 is 0 Å². The highest BCUT2D eigenvalue weighted by atomic mass is 19.3. The molecule has 192 valence electrons. The van der Waals surface area contributed by atoms with Crippen molar-refractivity contribution < 1.29 is 35.8 Å². The Morgan fingerprint density at radius 3 is 1.91 bits per heavy atom. The Labute approximate surface area is 201 Å². The van der Waals surface area contributed by atoms with Gasteiger partial charge in [0.1, 0.15) is 0 Å². The van der Waals surface area contributed by atoms with E-state index in [1.54, 1.807) is 6.92 Å². The molecule has 0 amide bonds. The Hall–Kier alpha value is -2.38. The SMILES string of the molecule is CCCCC1CCC(C(F)(F)Oc2ccc3c(c2F)C(F)C(F)c2c-3ccc(OCC)c2F)CC1. The van der Waals surface area contributed by atoms with Gasteiger partial charge in [-0.15, -0.1) is 0 Å². The molecule has 2 aliphatic carbocycles. The highest BCUT2D eigenvalue weighted by Crippen LogP contribution is 2.53. The molecule has 2 aromatic carbocycles. The predicted molar refractivity (Wildman–Crippen MR) is 121 cm³/mol. The van der Waals surface area contributed by atoms with Crippen molar-refractivity contribution in [3.63, 3.8) is 0 Å². The van der Waals surface area contributed by atoms with Gasteiger partial charge in [-0.05, 0) is 61.8 Å². The summed E-state index contributed by atoms with van der Waals surface area (Å²) in [4.78, 5) is 0. The lowest BCUT2D eigenvalue weighted by atomic mass is 9.79. The van der Waals surface area contributed by atoms with Gasteiger partial charge in [-0.1, -0.05) is 38.3 Å². The number of fused-ring (bicyclic) bond motifs is 3. The van der Waals surface area contributed by atoms with E-state index in [4.69, 9.17) is 9.47 Å². The third-order valence-corrected chi connectivity index (χ3v) is 7.22. The Kier molecular flexibility index (Phi) is 7.57. The van der Waals surface area contributed by atoms with Crippen molar-refractivity contribution in [3.8, 4) is 22.6 Å². The van der Waals surface area contributed by atoms with Crippen LogP contribution in [0.4, 0.5) is 26.3 Å². The quantitative estimate of drug-likeness (QED) is 0.337. The average molecular weight is 501 g/mol. The monoisotopic (exact) mass is 500 g/mol. The molecule has 8 heteroatoms. The first kappa shape index (κ1) is 25.7. The second-order valence-corrected chi connectivity index (χ2v) is 9.44. The van der Waals surface area contributed by atoms with Crippen molar-refractivity contribution in [2.24, 2.45) is 11.8 Å². The number of halogens is 6. The van der Waals surface area contributed by atoms with Gasteiger partial charge in [0.2, 0.25) is 0 Å². The number of unbranched alkanes of at least 4 members (excludes halogenated alkanes) is 1. The fourth-order valence-electron chi connectivity index (χ4n) is 5.30. The van der Waals surface area contributed by atoms with Gasteiger partial charge in [-0.2, -0.15) is 8.78 Å². The Balaban J connectivity index is 1.60. The number of alkyl halides is 4. The lowest BCUT2D eigenvalue weighted by Gasteiger charge is -2.34. The van der Waals surface area contributed by atoms with E-state index in [-0.39, 0.29) is 36.3 Å². The molecule has 2 unspecified atom stereocenters. The minimum atomic E-state index is -3.66. The molecule has 2 aliphatic rings. The maximum Gasteiger partial charge on any atom is 0.400 e. The van der Waals surface area contributed by atoms with E-state index in [0.29, 0.717) is 18.8 Å². The van der Waals surface area contributed by atoms with Crippen LogP contribution in [0.5, 0.6) is 11.5 Å². The van der Waals surface area contributed by atoms with Crippen LogP contribution >= 0.6 is 0 Å². The first-order chi connectivity index (χ1) is 16.7. The first-order valence-electron chi connectivity index (χ1n) is 12.3. The summed E-state index contributed by atoms with van der Waals surface area (Å²) in [6.45, 7) is 3.82.